The number of hydrogen-bond acceptors (Lipinski definition) is 5. The molecule has 22 heavy (non-hydrogen) atoms. The van der Waals surface area contributed by atoms with E-state index >= 15 is 0 Å². The number of hydrogen-bond donors (Lipinski definition) is 2. The highest BCUT2D eigenvalue weighted by atomic mass is 16.6. The number of nitro groups is 1. The van der Waals surface area contributed by atoms with Gasteiger partial charge in [-0.3, -0.25) is 10.1 Å². The zero-order valence-corrected chi connectivity index (χ0v) is 11.8. The van der Waals surface area contributed by atoms with Gasteiger partial charge < -0.3 is 15.1 Å². The first kappa shape index (κ1) is 15.7. The molecule has 0 saturated heterocycles. The Kier molecular flexibility index (Phi) is 5.24. The molecule has 6 nitrogen and oxygen atoms in total. The lowest BCUT2D eigenvalue weighted by Gasteiger charge is -2.18. The summed E-state index contributed by atoms with van der Waals surface area (Å²) < 4.78 is 0. The third-order valence-electron chi connectivity index (χ3n) is 3.17. The lowest BCUT2D eigenvalue weighted by atomic mass is 10.1. The zero-order valence-electron chi connectivity index (χ0n) is 11.8. The first-order valence-electron chi connectivity index (χ1n) is 6.63. The van der Waals surface area contributed by atoms with Gasteiger partial charge >= 0.3 is 0 Å². The lowest BCUT2D eigenvalue weighted by molar-refractivity contribution is -0.384. The summed E-state index contributed by atoms with van der Waals surface area (Å²) in [6.07, 6.45) is 3.74. The van der Waals surface area contributed by atoms with Crippen LogP contribution in [0.5, 0.6) is 0 Å². The summed E-state index contributed by atoms with van der Waals surface area (Å²) in [5, 5.41) is 28.7. The smallest absolute Gasteiger partial charge is 0.269 e. The van der Waals surface area contributed by atoms with E-state index in [2.05, 4.69) is 0 Å². The number of anilines is 1. The molecule has 0 saturated carbocycles. The molecule has 2 N–H and O–H groups in total. The number of nitro benzene ring substituents is 1. The van der Waals surface area contributed by atoms with Crippen LogP contribution in [0.1, 0.15) is 11.1 Å². The van der Waals surface area contributed by atoms with E-state index in [1.807, 2.05) is 24.3 Å². The molecule has 2 aromatic carbocycles. The maximum atomic E-state index is 10.6. The van der Waals surface area contributed by atoms with Gasteiger partial charge in [-0.2, -0.15) is 0 Å². The van der Waals surface area contributed by atoms with Crippen LogP contribution < -0.4 is 4.90 Å². The summed E-state index contributed by atoms with van der Waals surface area (Å²) in [4.78, 5) is 11.6. The molecule has 2 rings (SSSR count). The van der Waals surface area contributed by atoms with Gasteiger partial charge in [0.1, 0.15) is 13.5 Å². The van der Waals surface area contributed by atoms with Crippen molar-refractivity contribution in [3.05, 3.63) is 69.8 Å². The number of benzene rings is 2. The van der Waals surface area contributed by atoms with Gasteiger partial charge in [-0.25, -0.2) is 0 Å². The highest BCUT2D eigenvalue weighted by Gasteiger charge is 2.03. The first-order valence-corrected chi connectivity index (χ1v) is 6.63. The van der Waals surface area contributed by atoms with Gasteiger partial charge in [-0.1, -0.05) is 24.3 Å². The minimum absolute atomic E-state index is 0.0644. The van der Waals surface area contributed by atoms with Crippen LogP contribution in [0.15, 0.2) is 48.5 Å². The second-order valence-corrected chi connectivity index (χ2v) is 4.60. The van der Waals surface area contributed by atoms with E-state index in [0.29, 0.717) is 0 Å². The van der Waals surface area contributed by atoms with Gasteiger partial charge in [-0.15, -0.1) is 0 Å². The van der Waals surface area contributed by atoms with Crippen LogP contribution in [0.2, 0.25) is 0 Å². The van der Waals surface area contributed by atoms with Gasteiger partial charge in [-0.05, 0) is 35.4 Å². The van der Waals surface area contributed by atoms with Crippen LogP contribution in [0.3, 0.4) is 0 Å². The molecule has 0 aliphatic carbocycles. The van der Waals surface area contributed by atoms with Crippen LogP contribution >= 0.6 is 0 Å². The predicted molar refractivity (Wildman–Crippen MR) is 85.1 cm³/mol. The van der Waals surface area contributed by atoms with Crippen LogP contribution in [0.4, 0.5) is 11.4 Å². The average molecular weight is 300 g/mol. The van der Waals surface area contributed by atoms with Crippen molar-refractivity contribution in [1.29, 1.82) is 0 Å². The van der Waals surface area contributed by atoms with E-state index in [0.717, 1.165) is 16.8 Å². The molecule has 0 bridgehead atoms. The van der Waals surface area contributed by atoms with Crippen molar-refractivity contribution in [1.82, 2.24) is 0 Å². The summed E-state index contributed by atoms with van der Waals surface area (Å²) in [5.41, 5.74) is 2.59. The summed E-state index contributed by atoms with van der Waals surface area (Å²) in [7, 11) is 0. The fourth-order valence-corrected chi connectivity index (χ4v) is 1.90. The highest BCUT2D eigenvalue weighted by molar-refractivity contribution is 5.70. The molecule has 2 aromatic rings. The molecule has 0 unspecified atom stereocenters. The van der Waals surface area contributed by atoms with Crippen molar-refractivity contribution in [2.45, 2.75) is 0 Å². The number of non-ortho nitro benzene ring substituents is 1. The summed E-state index contributed by atoms with van der Waals surface area (Å²) in [6, 6.07) is 13.6. The monoisotopic (exact) mass is 300 g/mol. The molecule has 0 atom stereocenters. The maximum absolute atomic E-state index is 10.6. The molecular formula is C16H16N2O4. The van der Waals surface area contributed by atoms with E-state index in [1.165, 1.54) is 17.0 Å². The summed E-state index contributed by atoms with van der Waals surface area (Å²) >= 11 is 0. The molecular weight excluding hydrogens is 284 g/mol. The van der Waals surface area contributed by atoms with E-state index in [4.69, 9.17) is 10.2 Å². The Morgan fingerprint density at radius 3 is 1.77 bits per heavy atom. The highest BCUT2D eigenvalue weighted by Crippen LogP contribution is 2.17. The molecule has 0 spiro atoms. The van der Waals surface area contributed by atoms with Crippen LogP contribution in [0, 0.1) is 10.1 Å². The Morgan fingerprint density at radius 2 is 1.36 bits per heavy atom. The average Bonchev–Trinajstić information content (AvgIpc) is 2.55. The van der Waals surface area contributed by atoms with E-state index in [-0.39, 0.29) is 19.1 Å². The molecule has 0 fully saturated rings. The quantitative estimate of drug-likeness (QED) is 0.370. The van der Waals surface area contributed by atoms with Crippen molar-refractivity contribution >= 4 is 23.5 Å². The summed E-state index contributed by atoms with van der Waals surface area (Å²) in [5.74, 6) is 0. The second kappa shape index (κ2) is 7.35. The molecule has 0 heterocycles. The molecule has 0 aliphatic rings. The van der Waals surface area contributed by atoms with Crippen LogP contribution in [-0.2, 0) is 0 Å². The largest absolute Gasteiger partial charge is 0.376 e. The molecule has 0 aromatic heterocycles. The second-order valence-electron chi connectivity index (χ2n) is 4.60. The Hall–Kier alpha value is -2.70. The zero-order chi connectivity index (χ0) is 15.9. The molecule has 6 heteroatoms. The fraction of sp³-hybridized carbons (Fsp3) is 0.125. The third kappa shape index (κ3) is 3.91. The number of rotatable bonds is 6. The van der Waals surface area contributed by atoms with Crippen molar-refractivity contribution < 1.29 is 15.1 Å². The van der Waals surface area contributed by atoms with Gasteiger partial charge in [0.15, 0.2) is 0 Å². The van der Waals surface area contributed by atoms with E-state index < -0.39 is 4.92 Å². The lowest BCUT2D eigenvalue weighted by Crippen LogP contribution is -2.24. The van der Waals surface area contributed by atoms with Crippen molar-refractivity contribution in [3.63, 3.8) is 0 Å². The Bertz CT molecular complexity index is 647. The minimum Gasteiger partial charge on any atom is -0.376 e. The minimum atomic E-state index is -0.430. The van der Waals surface area contributed by atoms with Crippen LogP contribution in [-0.4, -0.2) is 28.6 Å². The van der Waals surface area contributed by atoms with E-state index in [1.54, 1.807) is 24.3 Å². The van der Waals surface area contributed by atoms with Gasteiger partial charge in [0.05, 0.1) is 4.92 Å². The van der Waals surface area contributed by atoms with Crippen molar-refractivity contribution in [3.8, 4) is 0 Å². The predicted octanol–water partition coefficient (Wildman–Crippen LogP) is 2.47. The molecule has 0 aliphatic heterocycles. The Balaban J connectivity index is 2.08. The van der Waals surface area contributed by atoms with Crippen LogP contribution in [0.25, 0.3) is 12.2 Å². The van der Waals surface area contributed by atoms with Crippen molar-refractivity contribution in [2.75, 3.05) is 18.4 Å². The Labute approximate surface area is 127 Å². The number of aliphatic hydroxyl groups is 2. The first-order chi connectivity index (χ1) is 10.6. The normalized spacial score (nSPS) is 10.8. The van der Waals surface area contributed by atoms with E-state index in [9.17, 15) is 10.1 Å². The fourth-order valence-electron chi connectivity index (χ4n) is 1.90. The topological polar surface area (TPSA) is 86.8 Å². The van der Waals surface area contributed by atoms with Crippen molar-refractivity contribution in [2.24, 2.45) is 0 Å². The van der Waals surface area contributed by atoms with Gasteiger partial charge in [0.2, 0.25) is 0 Å². The molecule has 0 amide bonds. The standard InChI is InChI=1S/C16H16N2O4/c19-11-17(12-20)15-7-3-13(4-8-15)1-2-14-5-9-16(10-6-14)18(21)22/h1-10,19-20H,11-12H2. The van der Waals surface area contributed by atoms with Gasteiger partial charge in [0.25, 0.3) is 5.69 Å². The Morgan fingerprint density at radius 1 is 0.909 bits per heavy atom. The number of aliphatic hydroxyl groups excluding tert-OH is 2. The molecule has 0 radical (unpaired) electrons. The third-order valence-corrected chi connectivity index (χ3v) is 3.17. The number of nitrogens with zero attached hydrogens (tertiary/aromatic N) is 2. The summed E-state index contributed by atoms with van der Waals surface area (Å²) in [6.45, 7) is -0.511. The maximum Gasteiger partial charge on any atom is 0.269 e. The molecule has 114 valence electrons. The SMILES string of the molecule is O=[N+]([O-])c1ccc(C=Cc2ccc(N(CO)CO)cc2)cc1. The van der Waals surface area contributed by atoms with Gasteiger partial charge in [0, 0.05) is 17.8 Å².